The van der Waals surface area contributed by atoms with E-state index in [1.807, 2.05) is 0 Å². The number of carbonyl (C=O) groups is 4. The monoisotopic (exact) mass is 468 g/mol. The van der Waals surface area contributed by atoms with Crippen LogP contribution in [-0.4, -0.2) is 36.7 Å². The highest BCUT2D eigenvalue weighted by Gasteiger charge is 2.55. The molecule has 184 valence electrons. The Hall–Kier alpha value is -1.98. The van der Waals surface area contributed by atoms with Gasteiger partial charge in [-0.05, 0) is 113 Å². The van der Waals surface area contributed by atoms with Crippen LogP contribution in [0.1, 0.15) is 77.0 Å². The van der Waals surface area contributed by atoms with Crippen LogP contribution >= 0.6 is 0 Å². The summed E-state index contributed by atoms with van der Waals surface area (Å²) in [5, 5.41) is 0. The molecule has 8 bridgehead atoms. The molecule has 0 saturated heterocycles. The first kappa shape index (κ1) is 22.5. The summed E-state index contributed by atoms with van der Waals surface area (Å²) in [6, 6.07) is 0. The summed E-state index contributed by atoms with van der Waals surface area (Å²) in [5.41, 5.74) is -0.593. The third-order valence-electron chi connectivity index (χ3n) is 10.3. The molecule has 8 saturated carbocycles. The van der Waals surface area contributed by atoms with E-state index in [1.54, 1.807) is 0 Å². The molecule has 6 nitrogen and oxygen atoms in total. The molecule has 0 radical (unpaired) electrons. The van der Waals surface area contributed by atoms with Crippen LogP contribution in [0.4, 0.5) is 0 Å². The van der Waals surface area contributed by atoms with E-state index in [2.05, 4.69) is 0 Å². The van der Waals surface area contributed by atoms with Crippen molar-refractivity contribution in [2.75, 3.05) is 13.2 Å². The van der Waals surface area contributed by atoms with Crippen molar-refractivity contribution in [2.45, 2.75) is 77.0 Å². The first-order valence-electron chi connectivity index (χ1n) is 13.4. The second kappa shape index (κ2) is 8.30. The Kier molecular flexibility index (Phi) is 5.49. The quantitative estimate of drug-likeness (QED) is 0.392. The molecule has 0 amide bonds. The molecular formula is C28H36O6. The summed E-state index contributed by atoms with van der Waals surface area (Å²) in [7, 11) is 0. The Labute approximate surface area is 201 Å². The number of rotatable bonds is 8. The lowest BCUT2D eigenvalue weighted by atomic mass is 9.48. The Morgan fingerprint density at radius 3 is 1.06 bits per heavy atom. The van der Waals surface area contributed by atoms with Gasteiger partial charge in [-0.25, -0.2) is 9.59 Å². The van der Waals surface area contributed by atoms with Crippen LogP contribution in [0.2, 0.25) is 0 Å². The van der Waals surface area contributed by atoms with Gasteiger partial charge in [-0.3, -0.25) is 9.59 Å². The molecule has 0 aromatic heterocycles. The fourth-order valence-corrected chi connectivity index (χ4v) is 9.72. The molecule has 0 unspecified atom stereocenters. The number of ketones is 2. The molecule has 8 aliphatic carbocycles. The molecule has 0 N–H and O–H groups in total. The molecule has 0 heterocycles. The first-order valence-corrected chi connectivity index (χ1v) is 13.4. The van der Waals surface area contributed by atoms with E-state index in [0.717, 1.165) is 50.7 Å². The number of ether oxygens (including phenoxy) is 2. The van der Waals surface area contributed by atoms with E-state index in [0.29, 0.717) is 35.5 Å². The number of Topliss-reactive ketones (excluding diaryl/α,β-unsaturated/α-hetero) is 2. The fraction of sp³-hybridized carbons (Fsp3) is 0.786. The zero-order valence-corrected chi connectivity index (χ0v) is 20.0. The van der Waals surface area contributed by atoms with E-state index < -0.39 is 11.9 Å². The molecule has 8 aliphatic rings. The van der Waals surface area contributed by atoms with E-state index >= 15 is 0 Å². The van der Waals surface area contributed by atoms with Gasteiger partial charge in [0, 0.05) is 23.0 Å². The van der Waals surface area contributed by atoms with Gasteiger partial charge in [0.15, 0.2) is 24.8 Å². The van der Waals surface area contributed by atoms with E-state index in [-0.39, 0.29) is 35.6 Å². The molecule has 8 fully saturated rings. The summed E-state index contributed by atoms with van der Waals surface area (Å²) in [4.78, 5) is 50.1. The van der Waals surface area contributed by atoms with Crippen molar-refractivity contribution >= 4 is 23.5 Å². The molecular weight excluding hydrogens is 432 g/mol. The predicted octanol–water partition coefficient (Wildman–Crippen LogP) is 4.20. The van der Waals surface area contributed by atoms with Crippen LogP contribution in [-0.2, 0) is 28.7 Å². The van der Waals surface area contributed by atoms with Gasteiger partial charge in [-0.2, -0.15) is 0 Å². The standard InChI is InChI=1S/C28H36O6/c29-23(27-9-17-3-18(10-27)5-19(4-17)11-27)15-33-25(31)1-2-26(32)34-16-24(30)28-12-20-6-21(13-28)8-22(7-20)14-28/h1-2,17-22H,3-16H2. The molecule has 6 heteroatoms. The maximum atomic E-state index is 12.9. The number of hydrogen-bond donors (Lipinski definition) is 0. The van der Waals surface area contributed by atoms with Gasteiger partial charge < -0.3 is 9.47 Å². The Morgan fingerprint density at radius 2 is 0.794 bits per heavy atom. The molecule has 0 aromatic carbocycles. The zero-order chi connectivity index (χ0) is 23.5. The Bertz CT molecular complexity index is 785. The summed E-state index contributed by atoms with van der Waals surface area (Å²) >= 11 is 0. The highest BCUT2D eigenvalue weighted by molar-refractivity contribution is 5.95. The summed E-state index contributed by atoms with van der Waals surface area (Å²) in [5.74, 6) is 2.56. The predicted molar refractivity (Wildman–Crippen MR) is 122 cm³/mol. The van der Waals surface area contributed by atoms with Gasteiger partial charge in [0.1, 0.15) is 0 Å². The first-order chi connectivity index (χ1) is 16.3. The minimum Gasteiger partial charge on any atom is -0.454 e. The van der Waals surface area contributed by atoms with Crippen LogP contribution in [0, 0.1) is 46.3 Å². The van der Waals surface area contributed by atoms with Crippen LogP contribution < -0.4 is 0 Å². The zero-order valence-electron chi connectivity index (χ0n) is 20.0. The van der Waals surface area contributed by atoms with Crippen molar-refractivity contribution in [3.05, 3.63) is 12.2 Å². The van der Waals surface area contributed by atoms with Crippen molar-refractivity contribution in [3.8, 4) is 0 Å². The smallest absolute Gasteiger partial charge is 0.331 e. The van der Waals surface area contributed by atoms with Crippen molar-refractivity contribution in [3.63, 3.8) is 0 Å². The van der Waals surface area contributed by atoms with Crippen molar-refractivity contribution < 1.29 is 28.7 Å². The normalized spacial score (nSPS) is 43.3. The van der Waals surface area contributed by atoms with E-state index in [4.69, 9.17) is 9.47 Å². The van der Waals surface area contributed by atoms with Crippen LogP contribution in [0.3, 0.4) is 0 Å². The average molecular weight is 469 g/mol. The highest BCUT2D eigenvalue weighted by Crippen LogP contribution is 2.61. The van der Waals surface area contributed by atoms with Gasteiger partial charge in [-0.1, -0.05) is 0 Å². The Balaban J connectivity index is 0.956. The average Bonchev–Trinajstić information content (AvgIpc) is 2.77. The van der Waals surface area contributed by atoms with Gasteiger partial charge in [-0.15, -0.1) is 0 Å². The summed E-state index contributed by atoms with van der Waals surface area (Å²) in [6.45, 7) is -0.455. The third kappa shape index (κ3) is 4.05. The lowest BCUT2D eigenvalue weighted by Crippen LogP contribution is -2.51. The van der Waals surface area contributed by atoms with Gasteiger partial charge >= 0.3 is 11.9 Å². The Morgan fingerprint density at radius 1 is 0.529 bits per heavy atom. The SMILES string of the molecule is O=C(C=CC(=O)OCC(=O)C12CC3CC(CC(C3)C1)C2)OCC(=O)C12CC3CC(CC(C3)C1)C2. The van der Waals surface area contributed by atoms with Crippen LogP contribution in [0.25, 0.3) is 0 Å². The third-order valence-corrected chi connectivity index (χ3v) is 10.3. The lowest BCUT2D eigenvalue weighted by Gasteiger charge is -2.55. The second-order valence-electron chi connectivity index (χ2n) is 12.8. The number of hydrogen-bond acceptors (Lipinski definition) is 6. The number of carbonyl (C=O) groups excluding carboxylic acids is 4. The molecule has 0 aromatic rings. The van der Waals surface area contributed by atoms with E-state index in [9.17, 15) is 19.2 Å². The lowest BCUT2D eigenvalue weighted by molar-refractivity contribution is -0.155. The molecule has 34 heavy (non-hydrogen) atoms. The largest absolute Gasteiger partial charge is 0.454 e. The van der Waals surface area contributed by atoms with Crippen LogP contribution in [0.15, 0.2) is 12.2 Å². The van der Waals surface area contributed by atoms with Crippen molar-refractivity contribution in [1.82, 2.24) is 0 Å². The minimum absolute atomic E-state index is 0.0390. The second-order valence-corrected chi connectivity index (χ2v) is 12.8. The molecule has 8 rings (SSSR count). The van der Waals surface area contributed by atoms with Gasteiger partial charge in [0.25, 0.3) is 0 Å². The maximum absolute atomic E-state index is 12.9. The highest BCUT2D eigenvalue weighted by atomic mass is 16.5. The van der Waals surface area contributed by atoms with Gasteiger partial charge in [0.05, 0.1) is 0 Å². The van der Waals surface area contributed by atoms with E-state index in [1.165, 1.54) is 38.5 Å². The molecule has 0 aliphatic heterocycles. The number of esters is 2. The summed E-state index contributed by atoms with van der Waals surface area (Å²) < 4.78 is 10.4. The van der Waals surface area contributed by atoms with Gasteiger partial charge in [0.2, 0.25) is 0 Å². The molecule has 0 atom stereocenters. The maximum Gasteiger partial charge on any atom is 0.331 e. The molecule has 0 spiro atoms. The van der Waals surface area contributed by atoms with Crippen LogP contribution in [0.5, 0.6) is 0 Å². The van der Waals surface area contributed by atoms with Crippen molar-refractivity contribution in [2.24, 2.45) is 46.3 Å². The topological polar surface area (TPSA) is 86.7 Å². The fourth-order valence-electron chi connectivity index (χ4n) is 9.72. The summed E-state index contributed by atoms with van der Waals surface area (Å²) in [6.07, 6.45) is 15.2. The minimum atomic E-state index is -0.720. The van der Waals surface area contributed by atoms with Crippen molar-refractivity contribution in [1.29, 1.82) is 0 Å².